The van der Waals surface area contributed by atoms with E-state index in [1.807, 2.05) is 41.2 Å². The molecule has 3 aromatic heterocycles. The molecule has 7 aromatic rings. The van der Waals surface area contributed by atoms with Crippen LogP contribution in [-0.2, 0) is 20.4 Å². The Morgan fingerprint density at radius 2 is 1.47 bits per heavy atom. The summed E-state index contributed by atoms with van der Waals surface area (Å²) in [4.78, 5) is 4.69. The standard InChI is InChI=1S/C39H34N4O.Pd/c1-24(2)39-38(37-26(4)11-9-12-27(37)5)28(6)41-43(39)29-13-10-14-30(22-29)44-31-17-18-33-32-15-7-8-16-34(32)42(35(33)23-31)36-21-25(3)19-20-40-36;/h7-21,24H,1-6H3;/q-2;+2. The maximum absolute atomic E-state index is 6.43. The summed E-state index contributed by atoms with van der Waals surface area (Å²) in [6, 6.07) is 36.0. The summed E-state index contributed by atoms with van der Waals surface area (Å²) in [5.41, 5.74) is 11.1. The van der Waals surface area contributed by atoms with E-state index < -0.39 is 0 Å². The van der Waals surface area contributed by atoms with E-state index in [2.05, 4.69) is 113 Å². The van der Waals surface area contributed by atoms with E-state index in [4.69, 9.17) is 14.8 Å². The Morgan fingerprint density at radius 1 is 0.733 bits per heavy atom. The number of aromatic nitrogens is 4. The van der Waals surface area contributed by atoms with Gasteiger partial charge in [0.1, 0.15) is 5.82 Å². The summed E-state index contributed by atoms with van der Waals surface area (Å²) in [6.45, 7) is 13.0. The van der Waals surface area contributed by atoms with Crippen molar-refractivity contribution in [3.05, 3.63) is 131 Å². The second kappa shape index (κ2) is 12.1. The third-order valence-electron chi connectivity index (χ3n) is 8.26. The van der Waals surface area contributed by atoms with Crippen LogP contribution in [0.2, 0.25) is 0 Å². The van der Waals surface area contributed by atoms with Crippen molar-refractivity contribution in [2.24, 2.45) is 0 Å². The van der Waals surface area contributed by atoms with E-state index in [9.17, 15) is 0 Å². The van der Waals surface area contributed by atoms with Crippen LogP contribution in [0, 0.1) is 39.8 Å². The Balaban J connectivity index is 0.00000357. The van der Waals surface area contributed by atoms with Crippen molar-refractivity contribution >= 4 is 21.8 Å². The van der Waals surface area contributed by atoms with Crippen molar-refractivity contribution in [2.45, 2.75) is 47.5 Å². The number of hydrogen-bond acceptors (Lipinski definition) is 3. The van der Waals surface area contributed by atoms with Crippen molar-refractivity contribution in [3.63, 3.8) is 0 Å². The summed E-state index contributed by atoms with van der Waals surface area (Å²) >= 11 is 0. The molecule has 3 heterocycles. The van der Waals surface area contributed by atoms with Gasteiger partial charge in [-0.3, -0.25) is 4.68 Å². The quantitative estimate of drug-likeness (QED) is 0.130. The fourth-order valence-electron chi connectivity index (χ4n) is 6.33. The van der Waals surface area contributed by atoms with Gasteiger partial charge in [0.25, 0.3) is 0 Å². The fourth-order valence-corrected chi connectivity index (χ4v) is 6.33. The summed E-state index contributed by atoms with van der Waals surface area (Å²) in [6.07, 6.45) is 1.85. The molecule has 0 fully saturated rings. The average molecular weight is 681 g/mol. The molecule has 0 spiro atoms. The minimum Gasteiger partial charge on any atom is -0.509 e. The molecule has 0 amide bonds. The Morgan fingerprint density at radius 3 is 2.22 bits per heavy atom. The van der Waals surface area contributed by atoms with Gasteiger partial charge < -0.3 is 9.30 Å². The number of nitrogens with zero attached hydrogens (tertiary/aromatic N) is 4. The Bertz CT molecular complexity index is 2170. The fraction of sp³-hybridized carbons (Fsp3) is 0.179. The van der Waals surface area contributed by atoms with Crippen LogP contribution in [0.15, 0.2) is 91.1 Å². The minimum atomic E-state index is 0. The van der Waals surface area contributed by atoms with E-state index in [-0.39, 0.29) is 26.3 Å². The maximum Gasteiger partial charge on any atom is 2.00 e. The first kappa shape index (κ1) is 30.5. The van der Waals surface area contributed by atoms with Crippen molar-refractivity contribution in [3.8, 4) is 34.1 Å². The van der Waals surface area contributed by atoms with E-state index in [0.29, 0.717) is 11.5 Å². The van der Waals surface area contributed by atoms with Crippen LogP contribution in [0.4, 0.5) is 0 Å². The molecule has 45 heavy (non-hydrogen) atoms. The van der Waals surface area contributed by atoms with Gasteiger partial charge in [-0.25, -0.2) is 4.98 Å². The summed E-state index contributed by atoms with van der Waals surface area (Å²) in [7, 11) is 0. The van der Waals surface area contributed by atoms with Gasteiger partial charge in [-0.1, -0.05) is 55.8 Å². The van der Waals surface area contributed by atoms with Gasteiger partial charge in [0.2, 0.25) is 0 Å². The first-order valence-corrected chi connectivity index (χ1v) is 15.1. The zero-order chi connectivity index (χ0) is 30.5. The Labute approximate surface area is 278 Å². The topological polar surface area (TPSA) is 44.9 Å². The number of pyridine rings is 1. The average Bonchev–Trinajstić information content (AvgIpc) is 3.52. The second-order valence-electron chi connectivity index (χ2n) is 11.8. The van der Waals surface area contributed by atoms with Gasteiger partial charge in [0.05, 0.1) is 11.4 Å². The van der Waals surface area contributed by atoms with Gasteiger partial charge >= 0.3 is 20.4 Å². The minimum absolute atomic E-state index is 0. The molecule has 0 bridgehead atoms. The zero-order valence-electron chi connectivity index (χ0n) is 26.3. The van der Waals surface area contributed by atoms with Gasteiger partial charge in [-0.2, -0.15) is 17.2 Å². The number of para-hydroxylation sites is 1. The predicted molar refractivity (Wildman–Crippen MR) is 178 cm³/mol. The number of aryl methyl sites for hydroxylation is 4. The van der Waals surface area contributed by atoms with Crippen LogP contribution in [0.1, 0.15) is 47.8 Å². The number of benzene rings is 4. The molecular weight excluding hydrogens is 647 g/mol. The molecule has 4 aromatic carbocycles. The molecule has 5 nitrogen and oxygen atoms in total. The molecular formula is C39H34N4OPd. The number of hydrogen-bond donors (Lipinski definition) is 0. The van der Waals surface area contributed by atoms with Crippen molar-refractivity contribution < 1.29 is 25.2 Å². The third-order valence-corrected chi connectivity index (χ3v) is 8.26. The van der Waals surface area contributed by atoms with Crippen LogP contribution in [0.25, 0.3) is 44.4 Å². The van der Waals surface area contributed by atoms with Crippen molar-refractivity contribution in [1.82, 2.24) is 19.3 Å². The first-order chi connectivity index (χ1) is 21.3. The molecule has 0 radical (unpaired) electrons. The third kappa shape index (κ3) is 5.39. The van der Waals surface area contributed by atoms with E-state index in [1.54, 1.807) is 0 Å². The van der Waals surface area contributed by atoms with Crippen molar-refractivity contribution in [2.75, 3.05) is 0 Å². The molecule has 0 saturated carbocycles. The predicted octanol–water partition coefficient (Wildman–Crippen LogP) is 9.78. The molecule has 7 rings (SSSR count). The monoisotopic (exact) mass is 680 g/mol. The number of rotatable bonds is 6. The zero-order valence-corrected chi connectivity index (χ0v) is 27.8. The Kier molecular flexibility index (Phi) is 8.22. The normalized spacial score (nSPS) is 11.4. The molecule has 0 N–H and O–H groups in total. The molecule has 0 unspecified atom stereocenters. The van der Waals surface area contributed by atoms with Crippen LogP contribution in [-0.4, -0.2) is 19.3 Å². The van der Waals surface area contributed by atoms with Crippen LogP contribution in [0.3, 0.4) is 0 Å². The summed E-state index contributed by atoms with van der Waals surface area (Å²) < 4.78 is 10.6. The largest absolute Gasteiger partial charge is 2.00 e. The molecule has 6 heteroatoms. The van der Waals surface area contributed by atoms with Gasteiger partial charge in [-0.15, -0.1) is 35.7 Å². The van der Waals surface area contributed by atoms with Gasteiger partial charge in [-0.05, 0) is 85.1 Å². The van der Waals surface area contributed by atoms with Crippen molar-refractivity contribution in [1.29, 1.82) is 0 Å². The van der Waals surface area contributed by atoms with Crippen LogP contribution >= 0.6 is 0 Å². The van der Waals surface area contributed by atoms with E-state index >= 15 is 0 Å². The van der Waals surface area contributed by atoms with Crippen LogP contribution < -0.4 is 4.74 Å². The van der Waals surface area contributed by atoms with E-state index in [1.165, 1.54) is 22.3 Å². The smallest absolute Gasteiger partial charge is 0.509 e. The van der Waals surface area contributed by atoms with Gasteiger partial charge in [0, 0.05) is 28.8 Å². The summed E-state index contributed by atoms with van der Waals surface area (Å²) in [5, 5.41) is 7.29. The molecule has 226 valence electrons. The molecule has 0 atom stereocenters. The summed E-state index contributed by atoms with van der Waals surface area (Å²) in [5.74, 6) is 2.31. The molecule has 0 aliphatic heterocycles. The van der Waals surface area contributed by atoms with Gasteiger partial charge in [0.15, 0.2) is 0 Å². The number of ether oxygens (including phenoxy) is 1. The molecule has 0 saturated heterocycles. The number of fused-ring (bicyclic) bond motifs is 3. The maximum atomic E-state index is 6.43. The van der Waals surface area contributed by atoms with Crippen LogP contribution in [0.5, 0.6) is 11.5 Å². The Hall–Kier alpha value is -4.50. The SMILES string of the molecule is Cc1ccnc(-n2c3[c-]c(Oc4[c-]c(-n5nc(C)c(-c6c(C)cccc6C)c5C(C)C)ccc4)ccc3c3ccccc32)c1.[Pd+2]. The first-order valence-electron chi connectivity index (χ1n) is 15.1. The van der Waals surface area contributed by atoms with E-state index in [0.717, 1.165) is 50.3 Å². The second-order valence-corrected chi connectivity index (χ2v) is 11.8. The molecule has 0 aliphatic carbocycles. The molecule has 0 aliphatic rings.